The molecule has 0 saturated heterocycles. The fourth-order valence-electron chi connectivity index (χ4n) is 3.81. The molecule has 3 heteroatoms. The normalized spacial score (nSPS) is 23.5. The first-order valence-corrected chi connectivity index (χ1v) is 10.4. The van der Waals surface area contributed by atoms with Crippen LogP contribution < -0.4 is 0 Å². The van der Waals surface area contributed by atoms with Crippen molar-refractivity contribution < 1.29 is 9.59 Å². The maximum atomic E-state index is 9.34. The summed E-state index contributed by atoms with van der Waals surface area (Å²) in [7, 11) is 0. The summed E-state index contributed by atoms with van der Waals surface area (Å²) in [6.45, 7) is 7.66. The minimum Gasteiger partial charge on any atom is -0.391 e. The van der Waals surface area contributed by atoms with Gasteiger partial charge >= 0.3 is 0 Å². The van der Waals surface area contributed by atoms with Crippen molar-refractivity contribution in [2.75, 3.05) is 26.2 Å². The molecular formula is C21H41N2O+. The number of hydrogen-bond donors (Lipinski definition) is 1. The molecule has 0 aromatic heterocycles. The molecule has 140 valence electrons. The van der Waals surface area contributed by atoms with Crippen LogP contribution >= 0.6 is 0 Å². The van der Waals surface area contributed by atoms with E-state index in [9.17, 15) is 5.11 Å². The second kappa shape index (κ2) is 13.6. The lowest BCUT2D eigenvalue weighted by Crippen LogP contribution is -2.53. The average Bonchev–Trinajstić information content (AvgIpc) is 2.99. The van der Waals surface area contributed by atoms with Gasteiger partial charge in [0.05, 0.1) is 19.4 Å². The lowest BCUT2D eigenvalue weighted by atomic mass is 10.0. The van der Waals surface area contributed by atoms with Crippen LogP contribution in [0.3, 0.4) is 0 Å². The van der Waals surface area contributed by atoms with E-state index >= 15 is 0 Å². The van der Waals surface area contributed by atoms with E-state index < -0.39 is 0 Å². The zero-order chi connectivity index (χ0) is 17.5. The third-order valence-corrected chi connectivity index (χ3v) is 5.52. The molecule has 3 nitrogen and oxygen atoms in total. The van der Waals surface area contributed by atoms with Gasteiger partial charge < -0.3 is 5.11 Å². The number of hydrogen-bond acceptors (Lipinski definition) is 2. The number of aliphatic hydroxyl groups is 1. The SMILES string of the molecule is CC/C=C/CCCCCCCCCCC1N=CC[N+]1(CC)CCO. The van der Waals surface area contributed by atoms with Gasteiger partial charge in [-0.25, -0.2) is 4.99 Å². The van der Waals surface area contributed by atoms with Gasteiger partial charge in [0.25, 0.3) is 0 Å². The molecule has 2 atom stereocenters. The summed E-state index contributed by atoms with van der Waals surface area (Å²) in [5.41, 5.74) is 0. The lowest BCUT2D eigenvalue weighted by Gasteiger charge is -2.37. The molecule has 0 amide bonds. The van der Waals surface area contributed by atoms with Crippen LogP contribution in [-0.2, 0) is 0 Å². The van der Waals surface area contributed by atoms with Crippen molar-refractivity contribution in [1.82, 2.24) is 0 Å². The highest BCUT2D eigenvalue weighted by Crippen LogP contribution is 2.24. The molecule has 24 heavy (non-hydrogen) atoms. The highest BCUT2D eigenvalue weighted by molar-refractivity contribution is 5.60. The highest BCUT2D eigenvalue weighted by Gasteiger charge is 2.36. The Labute approximate surface area is 150 Å². The zero-order valence-corrected chi connectivity index (χ0v) is 16.3. The maximum Gasteiger partial charge on any atom is 0.182 e. The Morgan fingerprint density at radius 1 is 1.00 bits per heavy atom. The van der Waals surface area contributed by atoms with E-state index in [0.717, 1.165) is 24.1 Å². The fraction of sp³-hybridized carbons (Fsp3) is 0.857. The molecule has 1 aliphatic heterocycles. The first kappa shape index (κ1) is 21.4. The molecule has 1 aliphatic rings. The molecule has 1 rings (SSSR count). The van der Waals surface area contributed by atoms with Crippen LogP contribution in [0.5, 0.6) is 0 Å². The van der Waals surface area contributed by atoms with Gasteiger partial charge in [0.1, 0.15) is 13.1 Å². The van der Waals surface area contributed by atoms with Gasteiger partial charge in [-0.15, -0.1) is 0 Å². The van der Waals surface area contributed by atoms with Crippen molar-refractivity contribution in [3.05, 3.63) is 12.2 Å². The first-order valence-electron chi connectivity index (χ1n) is 10.4. The Morgan fingerprint density at radius 2 is 1.67 bits per heavy atom. The number of likely N-dealkylation sites (N-methyl/N-ethyl adjacent to an activating group) is 1. The summed E-state index contributed by atoms with van der Waals surface area (Å²) in [4.78, 5) is 4.70. The zero-order valence-electron chi connectivity index (χ0n) is 16.3. The first-order chi connectivity index (χ1) is 11.8. The van der Waals surface area contributed by atoms with Crippen LogP contribution in [0, 0.1) is 0 Å². The fourth-order valence-corrected chi connectivity index (χ4v) is 3.81. The van der Waals surface area contributed by atoms with Crippen LogP contribution in [0.1, 0.15) is 84.5 Å². The Bertz CT molecular complexity index is 354. The van der Waals surface area contributed by atoms with Gasteiger partial charge in [-0.2, -0.15) is 0 Å². The molecule has 0 spiro atoms. The van der Waals surface area contributed by atoms with Crippen molar-refractivity contribution in [3.63, 3.8) is 0 Å². The van der Waals surface area contributed by atoms with Crippen LogP contribution in [0.25, 0.3) is 0 Å². The molecule has 0 aliphatic carbocycles. The van der Waals surface area contributed by atoms with Crippen molar-refractivity contribution in [2.45, 2.75) is 90.6 Å². The molecule has 2 unspecified atom stereocenters. The van der Waals surface area contributed by atoms with E-state index in [0.29, 0.717) is 6.17 Å². The van der Waals surface area contributed by atoms with Crippen LogP contribution in [-0.4, -0.2) is 48.2 Å². The van der Waals surface area contributed by atoms with E-state index in [1.807, 2.05) is 0 Å². The van der Waals surface area contributed by atoms with Crippen LogP contribution in [0.2, 0.25) is 0 Å². The molecule has 0 radical (unpaired) electrons. The second-order valence-electron chi connectivity index (χ2n) is 7.26. The van der Waals surface area contributed by atoms with Gasteiger partial charge in [-0.3, -0.25) is 4.48 Å². The van der Waals surface area contributed by atoms with Crippen LogP contribution in [0.15, 0.2) is 17.1 Å². The highest BCUT2D eigenvalue weighted by atomic mass is 16.3. The number of nitrogens with zero attached hydrogens (tertiary/aromatic N) is 2. The van der Waals surface area contributed by atoms with Gasteiger partial charge in [-0.1, -0.05) is 57.6 Å². The van der Waals surface area contributed by atoms with Crippen molar-refractivity contribution in [1.29, 1.82) is 0 Å². The summed E-state index contributed by atoms with van der Waals surface area (Å²) >= 11 is 0. The Balaban J connectivity index is 1.98. The quantitative estimate of drug-likeness (QED) is 0.252. The van der Waals surface area contributed by atoms with Gasteiger partial charge in [0.2, 0.25) is 0 Å². The molecule has 1 heterocycles. The van der Waals surface area contributed by atoms with Crippen molar-refractivity contribution in [3.8, 4) is 0 Å². The van der Waals surface area contributed by atoms with Gasteiger partial charge in [-0.05, 0) is 32.6 Å². The smallest absolute Gasteiger partial charge is 0.182 e. The molecule has 0 aromatic carbocycles. The van der Waals surface area contributed by atoms with E-state index in [2.05, 4.69) is 32.2 Å². The molecular weight excluding hydrogens is 296 g/mol. The topological polar surface area (TPSA) is 32.6 Å². The third-order valence-electron chi connectivity index (χ3n) is 5.52. The average molecular weight is 338 g/mol. The number of allylic oxidation sites excluding steroid dienone is 2. The minimum atomic E-state index is 0.280. The summed E-state index contributed by atoms with van der Waals surface area (Å²) in [5.74, 6) is 0. The van der Waals surface area contributed by atoms with Gasteiger partial charge in [0.15, 0.2) is 6.17 Å². The van der Waals surface area contributed by atoms with E-state index in [-0.39, 0.29) is 6.61 Å². The number of aliphatic imine (C=N–C) groups is 1. The molecule has 0 fully saturated rings. The predicted octanol–water partition coefficient (Wildman–Crippen LogP) is 5.09. The number of quaternary nitrogens is 1. The number of rotatable bonds is 15. The standard InChI is InChI=1S/C21H41N2O/c1-3-5-6-7-8-9-10-11-12-13-14-15-16-21-22-17-18-23(21,4-2)19-20-24/h5-6,17,21,24H,3-4,7-16,18-20H2,1-2H3/q+1/b6-5+. The molecule has 0 aromatic rings. The monoisotopic (exact) mass is 337 g/mol. The third kappa shape index (κ3) is 7.94. The Morgan fingerprint density at radius 3 is 2.29 bits per heavy atom. The Kier molecular flexibility index (Phi) is 12.1. The van der Waals surface area contributed by atoms with Gasteiger partial charge in [0, 0.05) is 6.42 Å². The summed E-state index contributed by atoms with van der Waals surface area (Å²) in [6, 6.07) is 0. The molecule has 1 N–H and O–H groups in total. The lowest BCUT2D eigenvalue weighted by molar-refractivity contribution is -0.936. The van der Waals surface area contributed by atoms with E-state index in [4.69, 9.17) is 4.99 Å². The van der Waals surface area contributed by atoms with E-state index in [1.54, 1.807) is 0 Å². The van der Waals surface area contributed by atoms with Crippen LogP contribution in [0.4, 0.5) is 0 Å². The van der Waals surface area contributed by atoms with Crippen molar-refractivity contribution >= 4 is 6.21 Å². The maximum absolute atomic E-state index is 9.34. The summed E-state index contributed by atoms with van der Waals surface area (Å²) in [6.07, 6.45) is 21.7. The van der Waals surface area contributed by atoms with Crippen molar-refractivity contribution in [2.24, 2.45) is 4.99 Å². The number of aliphatic hydroxyl groups excluding tert-OH is 1. The largest absolute Gasteiger partial charge is 0.391 e. The molecule has 0 bridgehead atoms. The summed E-state index contributed by atoms with van der Waals surface area (Å²) in [5, 5.41) is 9.34. The molecule has 0 saturated carbocycles. The van der Waals surface area contributed by atoms with E-state index in [1.165, 1.54) is 70.6 Å². The Hall–Kier alpha value is -0.670. The number of unbranched alkanes of at least 4 members (excludes halogenated alkanes) is 8. The predicted molar refractivity (Wildman–Crippen MR) is 106 cm³/mol. The summed E-state index contributed by atoms with van der Waals surface area (Å²) < 4.78 is 0.975. The second-order valence-corrected chi connectivity index (χ2v) is 7.26. The minimum absolute atomic E-state index is 0.280.